The highest BCUT2D eigenvalue weighted by Crippen LogP contribution is 2.33. The van der Waals surface area contributed by atoms with E-state index in [0.717, 1.165) is 12.0 Å². The van der Waals surface area contributed by atoms with E-state index in [-0.39, 0.29) is 10.7 Å². The molecule has 1 atom stereocenters. The summed E-state index contributed by atoms with van der Waals surface area (Å²) in [4.78, 5) is 15.0. The van der Waals surface area contributed by atoms with Crippen LogP contribution in [0.15, 0.2) is 70.2 Å². The van der Waals surface area contributed by atoms with Crippen molar-refractivity contribution in [1.29, 1.82) is 0 Å². The Morgan fingerprint density at radius 3 is 2.62 bits per heavy atom. The molecule has 3 aromatic rings. The van der Waals surface area contributed by atoms with Crippen LogP contribution in [0.4, 0.5) is 11.4 Å². The Hall–Kier alpha value is -3.10. The largest absolute Gasteiger partial charge is 0.459 e. The maximum atomic E-state index is 12.7. The molecule has 0 saturated heterocycles. The van der Waals surface area contributed by atoms with Crippen LogP contribution in [-0.4, -0.2) is 20.4 Å². The van der Waals surface area contributed by atoms with Crippen LogP contribution in [0.1, 0.15) is 28.6 Å². The summed E-state index contributed by atoms with van der Waals surface area (Å²) >= 11 is 0. The fraction of sp³-hybridized carbons (Fsp3) is 0.190. The number of amides is 1. The van der Waals surface area contributed by atoms with Crippen molar-refractivity contribution in [3.63, 3.8) is 0 Å². The number of carbonyl (C=O) groups is 1. The number of carbonyl (C=O) groups excluding carboxylic acids is 1. The lowest BCUT2D eigenvalue weighted by molar-refractivity contribution is 0.0995. The number of rotatable bonds is 5. The number of primary sulfonamides is 1. The predicted molar refractivity (Wildman–Crippen MR) is 110 cm³/mol. The summed E-state index contributed by atoms with van der Waals surface area (Å²) in [6.45, 7) is 2.72. The standard InChI is InChI=1S/C21H21N3O4S/c1-14-12-15-4-2-3-5-19(15)24(14)13-16-10-11-28-20(16)21(25)23-17-6-8-18(9-7-17)29(22,26)27/h2-11,14H,12-13H2,1H3,(H,23,25)(H2,22,26,27). The molecule has 0 saturated carbocycles. The van der Waals surface area contributed by atoms with Crippen LogP contribution < -0.4 is 15.4 Å². The Balaban J connectivity index is 1.51. The van der Waals surface area contributed by atoms with E-state index < -0.39 is 15.9 Å². The maximum Gasteiger partial charge on any atom is 0.291 e. The summed E-state index contributed by atoms with van der Waals surface area (Å²) in [6, 6.07) is 16.0. The lowest BCUT2D eigenvalue weighted by Crippen LogP contribution is -2.29. The molecule has 1 aliphatic rings. The number of nitrogens with two attached hydrogens (primary N) is 1. The fourth-order valence-corrected chi connectivity index (χ4v) is 4.14. The first-order valence-corrected chi connectivity index (χ1v) is 10.7. The van der Waals surface area contributed by atoms with Crippen molar-refractivity contribution >= 4 is 27.3 Å². The topological polar surface area (TPSA) is 106 Å². The number of nitrogens with zero attached hydrogens (tertiary/aromatic N) is 1. The number of hydrogen-bond acceptors (Lipinski definition) is 5. The number of sulfonamides is 1. The van der Waals surface area contributed by atoms with Gasteiger partial charge in [0.15, 0.2) is 5.76 Å². The summed E-state index contributed by atoms with van der Waals surface area (Å²) < 4.78 is 28.2. The lowest BCUT2D eigenvalue weighted by Gasteiger charge is -2.24. The highest BCUT2D eigenvalue weighted by Gasteiger charge is 2.27. The molecule has 1 amide bonds. The molecule has 1 aliphatic heterocycles. The van der Waals surface area contributed by atoms with Gasteiger partial charge in [-0.3, -0.25) is 4.79 Å². The lowest BCUT2D eigenvalue weighted by atomic mass is 10.1. The van der Waals surface area contributed by atoms with E-state index >= 15 is 0 Å². The Labute approximate surface area is 169 Å². The third kappa shape index (κ3) is 3.90. The monoisotopic (exact) mass is 411 g/mol. The van der Waals surface area contributed by atoms with Gasteiger partial charge in [0.2, 0.25) is 10.0 Å². The molecule has 0 bridgehead atoms. The molecule has 0 spiro atoms. The number of benzene rings is 2. The fourth-order valence-electron chi connectivity index (χ4n) is 3.63. The molecule has 0 aliphatic carbocycles. The number of nitrogens with one attached hydrogen (secondary N) is 1. The van der Waals surface area contributed by atoms with E-state index in [1.54, 1.807) is 6.07 Å². The summed E-state index contributed by atoms with van der Waals surface area (Å²) in [7, 11) is -3.78. The molecule has 2 aromatic carbocycles. The smallest absolute Gasteiger partial charge is 0.291 e. The Morgan fingerprint density at radius 1 is 1.17 bits per heavy atom. The highest BCUT2D eigenvalue weighted by molar-refractivity contribution is 7.89. The van der Waals surface area contributed by atoms with Crippen molar-refractivity contribution in [2.75, 3.05) is 10.2 Å². The van der Waals surface area contributed by atoms with E-state index in [1.165, 1.54) is 41.8 Å². The molecule has 4 rings (SSSR count). The minimum atomic E-state index is -3.78. The molecule has 0 fully saturated rings. The molecule has 29 heavy (non-hydrogen) atoms. The van der Waals surface area contributed by atoms with Gasteiger partial charge < -0.3 is 14.6 Å². The second kappa shape index (κ2) is 7.38. The zero-order valence-corrected chi connectivity index (χ0v) is 16.6. The van der Waals surface area contributed by atoms with E-state index in [1.807, 2.05) is 12.1 Å². The average Bonchev–Trinajstić information content (AvgIpc) is 3.26. The zero-order valence-electron chi connectivity index (χ0n) is 15.8. The van der Waals surface area contributed by atoms with Crippen LogP contribution in [0.3, 0.4) is 0 Å². The molecular formula is C21H21N3O4S. The molecule has 2 heterocycles. The molecule has 8 heteroatoms. The third-order valence-electron chi connectivity index (χ3n) is 5.08. The van der Waals surface area contributed by atoms with Gasteiger partial charge in [-0.1, -0.05) is 18.2 Å². The van der Waals surface area contributed by atoms with Gasteiger partial charge in [-0.15, -0.1) is 0 Å². The molecule has 3 N–H and O–H groups in total. The van der Waals surface area contributed by atoms with Crippen molar-refractivity contribution in [3.05, 3.63) is 77.7 Å². The van der Waals surface area contributed by atoms with Crippen LogP contribution in [0.5, 0.6) is 0 Å². The van der Waals surface area contributed by atoms with Gasteiger partial charge in [-0.05, 0) is 55.3 Å². The van der Waals surface area contributed by atoms with Crippen molar-refractivity contribution < 1.29 is 17.6 Å². The van der Waals surface area contributed by atoms with Crippen molar-refractivity contribution in [3.8, 4) is 0 Å². The Morgan fingerprint density at radius 2 is 1.90 bits per heavy atom. The van der Waals surface area contributed by atoms with Crippen molar-refractivity contribution in [2.45, 2.75) is 30.8 Å². The minimum Gasteiger partial charge on any atom is -0.459 e. The van der Waals surface area contributed by atoms with Gasteiger partial charge in [-0.25, -0.2) is 13.6 Å². The molecule has 7 nitrogen and oxygen atoms in total. The Kier molecular flexibility index (Phi) is 4.89. The van der Waals surface area contributed by atoms with Crippen molar-refractivity contribution in [1.82, 2.24) is 0 Å². The maximum absolute atomic E-state index is 12.7. The minimum absolute atomic E-state index is 0.0177. The summed E-state index contributed by atoms with van der Waals surface area (Å²) in [6.07, 6.45) is 2.47. The van der Waals surface area contributed by atoms with Gasteiger partial charge in [0, 0.05) is 29.5 Å². The van der Waals surface area contributed by atoms with Gasteiger partial charge >= 0.3 is 0 Å². The summed E-state index contributed by atoms with van der Waals surface area (Å²) in [5.74, 6) is -0.161. The number of para-hydroxylation sites is 1. The molecular weight excluding hydrogens is 390 g/mol. The molecule has 1 aromatic heterocycles. The Bertz CT molecular complexity index is 1150. The second-order valence-electron chi connectivity index (χ2n) is 7.11. The van der Waals surface area contributed by atoms with Crippen LogP contribution in [0, 0.1) is 0 Å². The first-order valence-electron chi connectivity index (χ1n) is 9.18. The first-order chi connectivity index (χ1) is 13.8. The zero-order chi connectivity index (χ0) is 20.6. The number of hydrogen-bond donors (Lipinski definition) is 2. The molecule has 1 unspecified atom stereocenters. The average molecular weight is 411 g/mol. The highest BCUT2D eigenvalue weighted by atomic mass is 32.2. The van der Waals surface area contributed by atoms with E-state index in [9.17, 15) is 13.2 Å². The first kappa shape index (κ1) is 19.2. The van der Waals surface area contributed by atoms with Crippen LogP contribution in [0.2, 0.25) is 0 Å². The van der Waals surface area contributed by atoms with Gasteiger partial charge in [0.1, 0.15) is 0 Å². The second-order valence-corrected chi connectivity index (χ2v) is 8.67. The van der Waals surface area contributed by atoms with Crippen molar-refractivity contribution in [2.24, 2.45) is 5.14 Å². The summed E-state index contributed by atoms with van der Waals surface area (Å²) in [5.41, 5.74) is 3.70. The SMILES string of the molecule is CC1Cc2ccccc2N1Cc1ccoc1C(=O)Nc1ccc(S(N)(=O)=O)cc1. The predicted octanol–water partition coefficient (Wildman–Crippen LogP) is 3.13. The van der Waals surface area contributed by atoms with Crippen LogP contribution in [0.25, 0.3) is 0 Å². The molecule has 0 radical (unpaired) electrons. The number of fused-ring (bicyclic) bond motifs is 1. The van der Waals surface area contributed by atoms with E-state index in [4.69, 9.17) is 9.56 Å². The quantitative estimate of drug-likeness (QED) is 0.671. The van der Waals surface area contributed by atoms with Gasteiger partial charge in [0.05, 0.1) is 11.2 Å². The third-order valence-corrected chi connectivity index (χ3v) is 6.01. The van der Waals surface area contributed by atoms with Crippen LogP contribution in [-0.2, 0) is 23.0 Å². The molecule has 150 valence electrons. The summed E-state index contributed by atoms with van der Waals surface area (Å²) in [5, 5.41) is 7.83. The van der Waals surface area contributed by atoms with E-state index in [2.05, 4.69) is 29.3 Å². The van der Waals surface area contributed by atoms with Gasteiger partial charge in [-0.2, -0.15) is 0 Å². The number of anilines is 2. The van der Waals surface area contributed by atoms with Crippen LogP contribution >= 0.6 is 0 Å². The van der Waals surface area contributed by atoms with Gasteiger partial charge in [0.25, 0.3) is 5.91 Å². The van der Waals surface area contributed by atoms with E-state index in [0.29, 0.717) is 18.3 Å². The normalized spacial score (nSPS) is 15.9. The number of furan rings is 1.